The molecule has 0 saturated carbocycles. The Bertz CT molecular complexity index is 724. The summed E-state index contributed by atoms with van der Waals surface area (Å²) in [6.07, 6.45) is 1.50. The molecule has 3 rings (SSSR count). The van der Waals surface area contributed by atoms with Crippen LogP contribution in [-0.4, -0.2) is 11.2 Å². The zero-order valence-corrected chi connectivity index (χ0v) is 12.0. The van der Waals surface area contributed by atoms with E-state index in [2.05, 4.69) is 61.4 Å². The molecule has 0 spiro atoms. The van der Waals surface area contributed by atoms with Gasteiger partial charge in [0.2, 0.25) is 0 Å². The second-order valence-corrected chi connectivity index (χ2v) is 5.23. The van der Waals surface area contributed by atoms with E-state index in [9.17, 15) is 0 Å². The molecule has 0 aliphatic rings. The van der Waals surface area contributed by atoms with Gasteiger partial charge in [-0.25, -0.2) is 0 Å². The summed E-state index contributed by atoms with van der Waals surface area (Å²) in [4.78, 5) is 0. The van der Waals surface area contributed by atoms with Gasteiger partial charge in [-0.15, -0.1) is 0 Å². The van der Waals surface area contributed by atoms with Gasteiger partial charge in [0.05, 0.1) is 12.8 Å². The number of aromatic nitrogens is 1. The van der Waals surface area contributed by atoms with Crippen LogP contribution in [-0.2, 0) is 11.3 Å². The van der Waals surface area contributed by atoms with Gasteiger partial charge in [-0.3, -0.25) is 0 Å². The lowest BCUT2D eigenvalue weighted by atomic mass is 10.1. The van der Waals surface area contributed by atoms with Crippen LogP contribution in [0.4, 0.5) is 0 Å². The van der Waals surface area contributed by atoms with Crippen LogP contribution in [0.25, 0.3) is 21.8 Å². The molecular weight excluding hydrogens is 246 g/mol. The van der Waals surface area contributed by atoms with Crippen LogP contribution >= 0.6 is 0 Å². The standard InChI is InChI=1S/C18H19NO/c1-4-20-10-9-19-17-7-5-13(2)11-15(17)16-12-14(3)6-8-18(16)19/h4-8,11-12H,1,9-10H2,2-3H3. The minimum absolute atomic E-state index is 0.643. The molecule has 2 nitrogen and oxygen atoms in total. The lowest BCUT2D eigenvalue weighted by Gasteiger charge is -2.07. The van der Waals surface area contributed by atoms with Crippen molar-refractivity contribution in [1.82, 2.24) is 4.57 Å². The first kappa shape index (κ1) is 12.8. The van der Waals surface area contributed by atoms with Gasteiger partial charge in [-0.2, -0.15) is 0 Å². The summed E-state index contributed by atoms with van der Waals surface area (Å²) in [5.74, 6) is 0. The highest BCUT2D eigenvalue weighted by Gasteiger charge is 2.10. The van der Waals surface area contributed by atoms with E-state index < -0.39 is 0 Å². The van der Waals surface area contributed by atoms with Crippen molar-refractivity contribution in [1.29, 1.82) is 0 Å². The molecule has 0 radical (unpaired) electrons. The van der Waals surface area contributed by atoms with Gasteiger partial charge < -0.3 is 9.30 Å². The molecule has 0 N–H and O–H groups in total. The van der Waals surface area contributed by atoms with Gasteiger partial charge >= 0.3 is 0 Å². The van der Waals surface area contributed by atoms with E-state index in [1.807, 2.05) is 0 Å². The average molecular weight is 265 g/mol. The fraction of sp³-hybridized carbons (Fsp3) is 0.222. The van der Waals surface area contributed by atoms with E-state index in [1.165, 1.54) is 39.2 Å². The van der Waals surface area contributed by atoms with Crippen LogP contribution in [0.2, 0.25) is 0 Å². The fourth-order valence-electron chi connectivity index (χ4n) is 2.80. The highest BCUT2D eigenvalue weighted by Crippen LogP contribution is 2.30. The van der Waals surface area contributed by atoms with Crippen LogP contribution in [0.3, 0.4) is 0 Å². The molecular formula is C18H19NO. The van der Waals surface area contributed by atoms with Crippen molar-refractivity contribution in [3.8, 4) is 0 Å². The summed E-state index contributed by atoms with van der Waals surface area (Å²) in [5.41, 5.74) is 5.12. The van der Waals surface area contributed by atoms with Gasteiger partial charge in [0.25, 0.3) is 0 Å². The molecule has 102 valence electrons. The Labute approximate surface area is 119 Å². The van der Waals surface area contributed by atoms with Crippen molar-refractivity contribution in [3.63, 3.8) is 0 Å². The van der Waals surface area contributed by atoms with E-state index in [-0.39, 0.29) is 0 Å². The van der Waals surface area contributed by atoms with Gasteiger partial charge in [-0.1, -0.05) is 29.8 Å². The topological polar surface area (TPSA) is 14.2 Å². The number of benzene rings is 2. The van der Waals surface area contributed by atoms with Crippen molar-refractivity contribution in [3.05, 3.63) is 60.4 Å². The van der Waals surface area contributed by atoms with E-state index in [0.717, 1.165) is 6.54 Å². The molecule has 0 unspecified atom stereocenters. The van der Waals surface area contributed by atoms with Crippen LogP contribution in [0.1, 0.15) is 11.1 Å². The van der Waals surface area contributed by atoms with Crippen LogP contribution in [0, 0.1) is 13.8 Å². The third-order valence-electron chi connectivity index (χ3n) is 3.73. The van der Waals surface area contributed by atoms with Gasteiger partial charge in [0, 0.05) is 21.8 Å². The Morgan fingerprint density at radius 1 is 1.00 bits per heavy atom. The predicted octanol–water partition coefficient (Wildman–Crippen LogP) is 4.57. The third kappa shape index (κ3) is 2.07. The number of nitrogens with zero attached hydrogens (tertiary/aromatic N) is 1. The fourth-order valence-corrected chi connectivity index (χ4v) is 2.80. The van der Waals surface area contributed by atoms with Crippen LogP contribution in [0.15, 0.2) is 49.2 Å². The number of ether oxygens (including phenoxy) is 1. The molecule has 1 aromatic heterocycles. The molecule has 1 heterocycles. The Kier molecular flexibility index (Phi) is 3.23. The quantitative estimate of drug-likeness (QED) is 0.498. The van der Waals surface area contributed by atoms with Crippen LogP contribution < -0.4 is 0 Å². The summed E-state index contributed by atoms with van der Waals surface area (Å²) in [6.45, 7) is 9.35. The molecule has 0 bridgehead atoms. The number of fused-ring (bicyclic) bond motifs is 3. The highest BCUT2D eigenvalue weighted by atomic mass is 16.5. The smallest absolute Gasteiger partial charge is 0.105 e. The Balaban J connectivity index is 2.26. The molecule has 3 aromatic rings. The van der Waals surface area contributed by atoms with E-state index in [4.69, 9.17) is 4.74 Å². The number of hydrogen-bond donors (Lipinski definition) is 0. The zero-order chi connectivity index (χ0) is 14.1. The van der Waals surface area contributed by atoms with Crippen molar-refractivity contribution in [2.24, 2.45) is 0 Å². The average Bonchev–Trinajstić information content (AvgIpc) is 2.72. The van der Waals surface area contributed by atoms with Crippen molar-refractivity contribution < 1.29 is 4.74 Å². The molecule has 0 amide bonds. The molecule has 20 heavy (non-hydrogen) atoms. The van der Waals surface area contributed by atoms with E-state index in [1.54, 1.807) is 0 Å². The maximum atomic E-state index is 5.30. The summed E-state index contributed by atoms with van der Waals surface area (Å²) in [7, 11) is 0. The Hall–Kier alpha value is -2.22. The number of rotatable bonds is 4. The summed E-state index contributed by atoms with van der Waals surface area (Å²) in [5, 5.41) is 2.64. The highest BCUT2D eigenvalue weighted by molar-refractivity contribution is 6.08. The number of aryl methyl sites for hydroxylation is 2. The molecule has 0 atom stereocenters. The van der Waals surface area contributed by atoms with Crippen molar-refractivity contribution >= 4 is 21.8 Å². The monoisotopic (exact) mass is 265 g/mol. The predicted molar refractivity (Wildman–Crippen MR) is 85.1 cm³/mol. The number of hydrogen-bond acceptors (Lipinski definition) is 1. The summed E-state index contributed by atoms with van der Waals surface area (Å²) >= 11 is 0. The van der Waals surface area contributed by atoms with Crippen molar-refractivity contribution in [2.45, 2.75) is 20.4 Å². The largest absolute Gasteiger partial charge is 0.500 e. The SMILES string of the molecule is C=COCCn1c2ccc(C)cc2c2cc(C)ccc21. The molecule has 0 aliphatic carbocycles. The minimum atomic E-state index is 0.643. The first-order chi connectivity index (χ1) is 9.70. The van der Waals surface area contributed by atoms with Crippen LogP contribution in [0.5, 0.6) is 0 Å². The first-order valence-electron chi connectivity index (χ1n) is 6.92. The summed E-state index contributed by atoms with van der Waals surface area (Å²) < 4.78 is 7.62. The molecule has 2 heteroatoms. The van der Waals surface area contributed by atoms with E-state index in [0.29, 0.717) is 6.61 Å². The Morgan fingerprint density at radius 3 is 2.05 bits per heavy atom. The lowest BCUT2D eigenvalue weighted by molar-refractivity contribution is 0.239. The lowest BCUT2D eigenvalue weighted by Crippen LogP contribution is -2.03. The van der Waals surface area contributed by atoms with E-state index >= 15 is 0 Å². The maximum absolute atomic E-state index is 5.30. The van der Waals surface area contributed by atoms with Crippen molar-refractivity contribution in [2.75, 3.05) is 6.61 Å². The second-order valence-electron chi connectivity index (χ2n) is 5.23. The molecule has 0 fully saturated rings. The first-order valence-corrected chi connectivity index (χ1v) is 6.92. The normalized spacial score (nSPS) is 11.1. The van der Waals surface area contributed by atoms with Gasteiger partial charge in [-0.05, 0) is 38.1 Å². The van der Waals surface area contributed by atoms with Gasteiger partial charge in [0.1, 0.15) is 6.61 Å². The Morgan fingerprint density at radius 2 is 1.55 bits per heavy atom. The summed E-state index contributed by atoms with van der Waals surface area (Å²) in [6, 6.07) is 13.3. The van der Waals surface area contributed by atoms with Gasteiger partial charge in [0.15, 0.2) is 0 Å². The third-order valence-corrected chi connectivity index (χ3v) is 3.73. The second kappa shape index (κ2) is 5.04. The molecule has 2 aromatic carbocycles. The molecule has 0 saturated heterocycles. The molecule has 0 aliphatic heterocycles. The minimum Gasteiger partial charge on any atom is -0.500 e. The maximum Gasteiger partial charge on any atom is 0.105 e. The zero-order valence-electron chi connectivity index (χ0n) is 12.0.